The summed E-state index contributed by atoms with van der Waals surface area (Å²) in [7, 11) is 0. The van der Waals surface area contributed by atoms with Crippen molar-refractivity contribution in [3.05, 3.63) is 95.1 Å². The number of benzene rings is 2. The van der Waals surface area contributed by atoms with Crippen LogP contribution in [0.3, 0.4) is 0 Å². The van der Waals surface area contributed by atoms with E-state index in [1.54, 1.807) is 6.07 Å². The minimum Gasteiger partial charge on any atom is -0.454 e. The number of nitrogens with zero attached hydrogens (tertiary/aromatic N) is 1. The fourth-order valence-electron chi connectivity index (χ4n) is 2.82. The molecule has 0 fully saturated rings. The molecule has 3 aromatic rings. The largest absolute Gasteiger partial charge is 0.454 e. The van der Waals surface area contributed by atoms with Gasteiger partial charge in [0.2, 0.25) is 0 Å². The Morgan fingerprint density at radius 2 is 1.55 bits per heavy atom. The number of halogens is 1. The number of alkyl carbamates (subject to hydrolysis) is 1. The maximum absolute atomic E-state index is 12.7. The Morgan fingerprint density at radius 3 is 2.18 bits per heavy atom. The van der Waals surface area contributed by atoms with Gasteiger partial charge in [0.25, 0.3) is 5.91 Å². The van der Waals surface area contributed by atoms with E-state index in [1.807, 2.05) is 60.7 Å². The molecule has 0 aliphatic heterocycles. The lowest BCUT2D eigenvalue weighted by atomic mass is 10.1. The van der Waals surface area contributed by atoms with Gasteiger partial charge < -0.3 is 20.1 Å². The van der Waals surface area contributed by atoms with Gasteiger partial charge in [-0.15, -0.1) is 0 Å². The third kappa shape index (κ3) is 8.27. The SMILES string of the molecule is O=C(COC(=O)[C@H](Cc1ccccc1)NC(=O)OCc1ccccc1)Nc1ccc(Cl)cn1. The van der Waals surface area contributed by atoms with Gasteiger partial charge in [0.1, 0.15) is 18.5 Å². The summed E-state index contributed by atoms with van der Waals surface area (Å²) in [6, 6.07) is 20.3. The van der Waals surface area contributed by atoms with Crippen LogP contribution in [-0.4, -0.2) is 35.6 Å². The molecule has 0 saturated carbocycles. The number of ether oxygens (including phenoxy) is 2. The third-order valence-corrected chi connectivity index (χ3v) is 4.64. The number of hydrogen-bond acceptors (Lipinski definition) is 6. The van der Waals surface area contributed by atoms with Crippen LogP contribution >= 0.6 is 11.6 Å². The number of esters is 1. The number of anilines is 1. The first-order valence-corrected chi connectivity index (χ1v) is 10.5. The summed E-state index contributed by atoms with van der Waals surface area (Å²) >= 11 is 5.76. The predicted octanol–water partition coefficient (Wildman–Crippen LogP) is 3.75. The molecule has 33 heavy (non-hydrogen) atoms. The van der Waals surface area contributed by atoms with E-state index < -0.39 is 30.6 Å². The van der Waals surface area contributed by atoms with E-state index in [4.69, 9.17) is 21.1 Å². The minimum atomic E-state index is -1.04. The molecular weight excluding hydrogens is 446 g/mol. The van der Waals surface area contributed by atoms with Crippen LogP contribution < -0.4 is 10.6 Å². The molecule has 8 nitrogen and oxygen atoms in total. The van der Waals surface area contributed by atoms with Crippen LogP contribution in [-0.2, 0) is 32.1 Å². The number of carbonyl (C=O) groups is 3. The number of nitrogens with one attached hydrogen (secondary N) is 2. The number of rotatable bonds is 9. The molecule has 2 N–H and O–H groups in total. The summed E-state index contributed by atoms with van der Waals surface area (Å²) in [6.07, 6.45) is 0.774. The van der Waals surface area contributed by atoms with E-state index >= 15 is 0 Å². The van der Waals surface area contributed by atoms with Crippen LogP contribution in [0.25, 0.3) is 0 Å². The molecule has 0 bridgehead atoms. The number of aromatic nitrogens is 1. The summed E-state index contributed by atoms with van der Waals surface area (Å²) in [5.41, 5.74) is 1.61. The molecule has 1 aromatic heterocycles. The molecular formula is C24H22ClN3O5. The summed E-state index contributed by atoms with van der Waals surface area (Å²) < 4.78 is 10.3. The molecule has 2 aromatic carbocycles. The highest BCUT2D eigenvalue weighted by atomic mass is 35.5. The lowest BCUT2D eigenvalue weighted by Gasteiger charge is -2.18. The van der Waals surface area contributed by atoms with Crippen molar-refractivity contribution in [1.29, 1.82) is 0 Å². The maximum Gasteiger partial charge on any atom is 0.408 e. The molecule has 9 heteroatoms. The summed E-state index contributed by atoms with van der Waals surface area (Å²) in [5, 5.41) is 5.44. The molecule has 0 unspecified atom stereocenters. The van der Waals surface area contributed by atoms with Gasteiger partial charge >= 0.3 is 12.1 Å². The molecule has 0 aliphatic carbocycles. The zero-order valence-corrected chi connectivity index (χ0v) is 18.3. The van der Waals surface area contributed by atoms with Crippen molar-refractivity contribution in [3.8, 4) is 0 Å². The molecule has 1 atom stereocenters. The van der Waals surface area contributed by atoms with Gasteiger partial charge in [0, 0.05) is 12.6 Å². The van der Waals surface area contributed by atoms with E-state index in [0.717, 1.165) is 11.1 Å². The van der Waals surface area contributed by atoms with E-state index in [9.17, 15) is 14.4 Å². The van der Waals surface area contributed by atoms with Crippen molar-refractivity contribution in [2.75, 3.05) is 11.9 Å². The first-order valence-electron chi connectivity index (χ1n) is 10.1. The van der Waals surface area contributed by atoms with Gasteiger partial charge in [0.15, 0.2) is 6.61 Å². The fourth-order valence-corrected chi connectivity index (χ4v) is 2.93. The van der Waals surface area contributed by atoms with Crippen molar-refractivity contribution in [2.45, 2.75) is 19.1 Å². The Balaban J connectivity index is 1.56. The van der Waals surface area contributed by atoms with Crippen LogP contribution in [0.5, 0.6) is 0 Å². The third-order valence-electron chi connectivity index (χ3n) is 4.41. The first-order chi connectivity index (χ1) is 16.0. The van der Waals surface area contributed by atoms with Gasteiger partial charge in [-0.2, -0.15) is 0 Å². The number of amides is 2. The molecule has 0 spiro atoms. The van der Waals surface area contributed by atoms with Crippen molar-refractivity contribution in [1.82, 2.24) is 10.3 Å². The summed E-state index contributed by atoms with van der Waals surface area (Å²) in [4.78, 5) is 41.0. The van der Waals surface area contributed by atoms with Crippen molar-refractivity contribution >= 4 is 35.4 Å². The van der Waals surface area contributed by atoms with Crippen LogP contribution in [0.1, 0.15) is 11.1 Å². The van der Waals surface area contributed by atoms with Gasteiger partial charge in [-0.05, 0) is 23.3 Å². The number of hydrogen-bond donors (Lipinski definition) is 2. The van der Waals surface area contributed by atoms with Crippen LogP contribution in [0, 0.1) is 0 Å². The Labute approximate surface area is 195 Å². The van der Waals surface area contributed by atoms with Crippen LogP contribution in [0.2, 0.25) is 5.02 Å². The van der Waals surface area contributed by atoms with E-state index in [2.05, 4.69) is 15.6 Å². The van der Waals surface area contributed by atoms with E-state index in [0.29, 0.717) is 5.02 Å². The van der Waals surface area contributed by atoms with Gasteiger partial charge in [-0.25, -0.2) is 14.6 Å². The highest BCUT2D eigenvalue weighted by Gasteiger charge is 2.24. The smallest absolute Gasteiger partial charge is 0.408 e. The average molecular weight is 468 g/mol. The first kappa shape index (κ1) is 23.7. The zero-order chi connectivity index (χ0) is 23.5. The second-order valence-corrected chi connectivity index (χ2v) is 7.40. The van der Waals surface area contributed by atoms with Crippen molar-refractivity contribution in [2.24, 2.45) is 0 Å². The average Bonchev–Trinajstić information content (AvgIpc) is 2.83. The molecule has 2 amide bonds. The van der Waals surface area contributed by atoms with Gasteiger partial charge in [0.05, 0.1) is 5.02 Å². The quantitative estimate of drug-likeness (QED) is 0.464. The van der Waals surface area contributed by atoms with Crippen LogP contribution in [0.15, 0.2) is 79.0 Å². The normalized spacial score (nSPS) is 11.2. The second kappa shape index (κ2) is 12.2. The van der Waals surface area contributed by atoms with Crippen LogP contribution in [0.4, 0.5) is 10.6 Å². The minimum absolute atomic E-state index is 0.0519. The second-order valence-electron chi connectivity index (χ2n) is 6.97. The Hall–Kier alpha value is -3.91. The molecule has 3 rings (SSSR count). The monoisotopic (exact) mass is 467 g/mol. The standard InChI is InChI=1S/C24H22ClN3O5/c25-19-11-12-21(26-14-19)28-22(29)16-32-23(30)20(13-17-7-3-1-4-8-17)27-24(31)33-15-18-9-5-2-6-10-18/h1-12,14,20H,13,15-16H2,(H,27,31)(H,26,28,29)/t20-/m0/s1. The lowest BCUT2D eigenvalue weighted by molar-refractivity contribution is -0.149. The van der Waals surface area contributed by atoms with E-state index in [1.165, 1.54) is 12.3 Å². The highest BCUT2D eigenvalue weighted by Crippen LogP contribution is 2.10. The molecule has 0 radical (unpaired) electrons. The highest BCUT2D eigenvalue weighted by molar-refractivity contribution is 6.30. The Morgan fingerprint density at radius 1 is 0.879 bits per heavy atom. The Kier molecular flexibility index (Phi) is 8.79. The lowest BCUT2D eigenvalue weighted by Crippen LogP contribution is -2.44. The van der Waals surface area contributed by atoms with E-state index in [-0.39, 0.29) is 18.8 Å². The zero-order valence-electron chi connectivity index (χ0n) is 17.6. The molecule has 0 saturated heterocycles. The predicted molar refractivity (Wildman–Crippen MR) is 123 cm³/mol. The molecule has 170 valence electrons. The van der Waals surface area contributed by atoms with Crippen molar-refractivity contribution < 1.29 is 23.9 Å². The van der Waals surface area contributed by atoms with Gasteiger partial charge in [-0.1, -0.05) is 72.3 Å². The topological polar surface area (TPSA) is 107 Å². The Bertz CT molecular complexity index is 1060. The molecule has 1 heterocycles. The van der Waals surface area contributed by atoms with Gasteiger partial charge in [-0.3, -0.25) is 4.79 Å². The summed E-state index contributed by atoms with van der Waals surface area (Å²) in [6.45, 7) is -0.495. The summed E-state index contributed by atoms with van der Waals surface area (Å²) in [5.74, 6) is -1.08. The number of carbonyl (C=O) groups excluding carboxylic acids is 3. The molecule has 0 aliphatic rings. The van der Waals surface area contributed by atoms with Crippen molar-refractivity contribution in [3.63, 3.8) is 0 Å². The number of pyridine rings is 1. The maximum atomic E-state index is 12.7. The fraction of sp³-hybridized carbons (Fsp3) is 0.167.